The Kier molecular flexibility index (Phi) is 4.23. The normalized spacial score (nSPS) is 16.1. The third-order valence-electron chi connectivity index (χ3n) is 3.26. The molecule has 5 nitrogen and oxygen atoms in total. The van der Waals surface area contributed by atoms with Gasteiger partial charge < -0.3 is 5.11 Å². The molecule has 2 amide bonds. The van der Waals surface area contributed by atoms with Crippen molar-refractivity contribution >= 4 is 55.4 Å². The standard InChI is InChI=1S/C16H10Br2N2O3/c17-10-6-9(14(21)13(18)8-10)7-12-15(22)19-20(16(12)23)11-4-2-1-3-5-11/h1-8,21H,(H,19,22)/b12-7+. The highest BCUT2D eigenvalue weighted by Crippen LogP contribution is 2.33. The lowest BCUT2D eigenvalue weighted by atomic mass is 10.1. The summed E-state index contributed by atoms with van der Waals surface area (Å²) in [5.74, 6) is -1.04. The second-order valence-corrected chi connectivity index (χ2v) is 6.57. The zero-order valence-corrected chi connectivity index (χ0v) is 14.8. The number of carbonyl (C=O) groups is 2. The Morgan fingerprint density at radius 2 is 1.78 bits per heavy atom. The molecule has 1 heterocycles. The smallest absolute Gasteiger partial charge is 0.282 e. The first-order chi connectivity index (χ1) is 11.0. The van der Waals surface area contributed by atoms with Crippen molar-refractivity contribution < 1.29 is 14.7 Å². The molecule has 0 bridgehead atoms. The van der Waals surface area contributed by atoms with Gasteiger partial charge in [0, 0.05) is 10.0 Å². The lowest BCUT2D eigenvalue weighted by Crippen LogP contribution is -2.35. The number of anilines is 1. The number of hydrogen-bond donors (Lipinski definition) is 2. The summed E-state index contributed by atoms with van der Waals surface area (Å²) in [6.45, 7) is 0. The number of aromatic hydroxyl groups is 1. The summed E-state index contributed by atoms with van der Waals surface area (Å²) in [5.41, 5.74) is 3.39. The van der Waals surface area contributed by atoms with Crippen molar-refractivity contribution in [2.45, 2.75) is 0 Å². The van der Waals surface area contributed by atoms with Gasteiger partial charge in [-0.3, -0.25) is 15.0 Å². The van der Waals surface area contributed by atoms with E-state index < -0.39 is 11.8 Å². The zero-order valence-electron chi connectivity index (χ0n) is 11.6. The third-order valence-corrected chi connectivity index (χ3v) is 4.33. The zero-order chi connectivity index (χ0) is 16.6. The van der Waals surface area contributed by atoms with Gasteiger partial charge in [0.1, 0.15) is 11.3 Å². The summed E-state index contributed by atoms with van der Waals surface area (Å²) in [6, 6.07) is 12.1. The number of para-hydroxylation sites is 1. The number of halogens is 2. The van der Waals surface area contributed by atoms with Crippen molar-refractivity contribution in [2.24, 2.45) is 0 Å². The van der Waals surface area contributed by atoms with Crippen LogP contribution in [0.15, 0.2) is 57.0 Å². The summed E-state index contributed by atoms with van der Waals surface area (Å²) >= 11 is 6.53. The highest BCUT2D eigenvalue weighted by Gasteiger charge is 2.34. The number of phenols is 1. The van der Waals surface area contributed by atoms with Crippen LogP contribution in [0.3, 0.4) is 0 Å². The second-order valence-electron chi connectivity index (χ2n) is 4.80. The maximum absolute atomic E-state index is 12.5. The van der Waals surface area contributed by atoms with Gasteiger partial charge in [0.2, 0.25) is 0 Å². The molecule has 1 fully saturated rings. The quantitative estimate of drug-likeness (QED) is 0.559. The molecule has 2 N–H and O–H groups in total. The molecule has 3 rings (SSSR count). The van der Waals surface area contributed by atoms with Crippen LogP contribution < -0.4 is 10.4 Å². The van der Waals surface area contributed by atoms with Crippen LogP contribution in [0.5, 0.6) is 5.75 Å². The molecule has 23 heavy (non-hydrogen) atoms. The third kappa shape index (κ3) is 3.02. The first-order valence-corrected chi connectivity index (χ1v) is 8.16. The molecule has 0 unspecified atom stereocenters. The molecule has 0 aromatic heterocycles. The molecule has 1 aliphatic rings. The van der Waals surface area contributed by atoms with Gasteiger partial charge in [-0.2, -0.15) is 0 Å². The molecule has 7 heteroatoms. The fourth-order valence-electron chi connectivity index (χ4n) is 2.17. The molecule has 0 saturated carbocycles. The molecule has 0 aliphatic carbocycles. The number of phenolic OH excluding ortho intramolecular Hbond substituents is 1. The van der Waals surface area contributed by atoms with Gasteiger partial charge in [-0.05, 0) is 46.3 Å². The van der Waals surface area contributed by atoms with Crippen molar-refractivity contribution in [3.63, 3.8) is 0 Å². The predicted molar refractivity (Wildman–Crippen MR) is 93.6 cm³/mol. The van der Waals surface area contributed by atoms with Crippen molar-refractivity contribution in [2.75, 3.05) is 5.01 Å². The van der Waals surface area contributed by atoms with Crippen molar-refractivity contribution in [3.8, 4) is 5.75 Å². The molecular weight excluding hydrogens is 428 g/mol. The maximum atomic E-state index is 12.5. The molecule has 0 atom stereocenters. The van der Waals surface area contributed by atoms with E-state index >= 15 is 0 Å². The van der Waals surface area contributed by atoms with Crippen LogP contribution in [0.4, 0.5) is 5.69 Å². The summed E-state index contributed by atoms with van der Waals surface area (Å²) < 4.78 is 1.17. The Labute approximate surface area is 148 Å². The summed E-state index contributed by atoms with van der Waals surface area (Å²) in [6.07, 6.45) is 1.37. The lowest BCUT2D eigenvalue weighted by molar-refractivity contribution is -0.117. The fourth-order valence-corrected chi connectivity index (χ4v) is 3.43. The van der Waals surface area contributed by atoms with Gasteiger partial charge in [-0.25, -0.2) is 5.01 Å². The Balaban J connectivity index is 2.01. The average molecular weight is 438 g/mol. The number of hydrogen-bond acceptors (Lipinski definition) is 3. The highest BCUT2D eigenvalue weighted by molar-refractivity contribution is 9.11. The van der Waals surface area contributed by atoms with Crippen LogP contribution in [0.2, 0.25) is 0 Å². The average Bonchev–Trinajstić information content (AvgIpc) is 2.81. The number of benzene rings is 2. The molecule has 2 aromatic rings. The van der Waals surface area contributed by atoms with E-state index in [1.165, 1.54) is 11.1 Å². The molecule has 0 spiro atoms. The molecule has 2 aromatic carbocycles. The summed E-state index contributed by atoms with van der Waals surface area (Å²) in [5, 5.41) is 11.2. The Bertz CT molecular complexity index is 835. The summed E-state index contributed by atoms with van der Waals surface area (Å²) in [7, 11) is 0. The maximum Gasteiger partial charge on any atom is 0.282 e. The minimum absolute atomic E-state index is 0.0422. The molecule has 0 radical (unpaired) electrons. The monoisotopic (exact) mass is 436 g/mol. The van der Waals surface area contributed by atoms with Crippen molar-refractivity contribution in [3.05, 3.63) is 62.5 Å². The Morgan fingerprint density at radius 3 is 2.48 bits per heavy atom. The van der Waals surface area contributed by atoms with Crippen LogP contribution in [-0.4, -0.2) is 16.9 Å². The Hall–Kier alpha value is -2.12. The van der Waals surface area contributed by atoms with E-state index in [-0.39, 0.29) is 11.3 Å². The number of nitrogens with zero attached hydrogens (tertiary/aromatic N) is 1. The van der Waals surface area contributed by atoms with Gasteiger partial charge in [0.25, 0.3) is 11.8 Å². The van der Waals surface area contributed by atoms with Gasteiger partial charge in [0.15, 0.2) is 0 Å². The number of hydrazine groups is 1. The van der Waals surface area contributed by atoms with Gasteiger partial charge in [0.05, 0.1) is 10.2 Å². The lowest BCUT2D eigenvalue weighted by Gasteiger charge is -2.13. The van der Waals surface area contributed by atoms with Crippen LogP contribution in [0, 0.1) is 0 Å². The van der Waals surface area contributed by atoms with E-state index in [0.717, 1.165) is 0 Å². The summed E-state index contributed by atoms with van der Waals surface area (Å²) in [4.78, 5) is 24.6. The van der Waals surface area contributed by atoms with Gasteiger partial charge in [-0.1, -0.05) is 34.1 Å². The van der Waals surface area contributed by atoms with Crippen LogP contribution >= 0.6 is 31.9 Å². The first-order valence-electron chi connectivity index (χ1n) is 6.57. The van der Waals surface area contributed by atoms with Gasteiger partial charge in [-0.15, -0.1) is 0 Å². The van der Waals surface area contributed by atoms with E-state index in [1.54, 1.807) is 36.4 Å². The largest absolute Gasteiger partial charge is 0.506 e. The topological polar surface area (TPSA) is 69.6 Å². The van der Waals surface area contributed by atoms with E-state index in [9.17, 15) is 14.7 Å². The first kappa shape index (κ1) is 15.8. The van der Waals surface area contributed by atoms with Gasteiger partial charge >= 0.3 is 0 Å². The molecule has 116 valence electrons. The Morgan fingerprint density at radius 1 is 1.09 bits per heavy atom. The SMILES string of the molecule is O=C1NN(c2ccccc2)C(=O)/C1=C/c1cc(Br)cc(Br)c1O. The van der Waals surface area contributed by atoms with Crippen LogP contribution in [-0.2, 0) is 9.59 Å². The fraction of sp³-hybridized carbons (Fsp3) is 0. The van der Waals surface area contributed by atoms with E-state index in [4.69, 9.17) is 0 Å². The highest BCUT2D eigenvalue weighted by atomic mass is 79.9. The minimum Gasteiger partial charge on any atom is -0.506 e. The molecular formula is C16H10Br2N2O3. The number of nitrogens with one attached hydrogen (secondary N) is 1. The predicted octanol–water partition coefficient (Wildman–Crippen LogP) is 3.38. The minimum atomic E-state index is -0.519. The number of amides is 2. The molecule has 1 aliphatic heterocycles. The van der Waals surface area contributed by atoms with E-state index in [1.807, 2.05) is 6.07 Å². The van der Waals surface area contributed by atoms with Crippen LogP contribution in [0.25, 0.3) is 6.08 Å². The van der Waals surface area contributed by atoms with Crippen LogP contribution in [0.1, 0.15) is 5.56 Å². The van der Waals surface area contributed by atoms with E-state index in [2.05, 4.69) is 37.3 Å². The second kappa shape index (κ2) is 6.17. The van der Waals surface area contributed by atoms with Crippen molar-refractivity contribution in [1.29, 1.82) is 0 Å². The van der Waals surface area contributed by atoms with Crippen molar-refractivity contribution in [1.82, 2.24) is 5.43 Å². The molecule has 1 saturated heterocycles. The number of carbonyl (C=O) groups excluding carboxylic acids is 2. The van der Waals surface area contributed by atoms with E-state index in [0.29, 0.717) is 20.2 Å². The number of rotatable bonds is 2.